The van der Waals surface area contributed by atoms with Gasteiger partial charge in [0.15, 0.2) is 0 Å². The van der Waals surface area contributed by atoms with E-state index in [4.69, 9.17) is 0 Å². The highest BCUT2D eigenvalue weighted by molar-refractivity contribution is 6.19. The smallest absolute Gasteiger partial charge is 0.0635 e. The van der Waals surface area contributed by atoms with Crippen LogP contribution in [0.4, 0.5) is 0 Å². The topological polar surface area (TPSA) is 14.8 Å². The molecule has 3 aromatic heterocycles. The number of fused-ring (bicyclic) bond motifs is 8. The summed E-state index contributed by atoms with van der Waals surface area (Å²) in [6.07, 6.45) is 0. The van der Waals surface area contributed by atoms with E-state index in [2.05, 4.69) is 190 Å². The molecule has 0 aliphatic carbocycles. The Morgan fingerprint density at radius 1 is 0.277 bits per heavy atom. The lowest BCUT2D eigenvalue weighted by atomic mass is 10.1. The van der Waals surface area contributed by atoms with Crippen LogP contribution in [0, 0.1) is 0 Å². The fourth-order valence-electron chi connectivity index (χ4n) is 7.64. The molecule has 3 heteroatoms. The van der Waals surface area contributed by atoms with Crippen LogP contribution in [0.2, 0.25) is 0 Å². The molecule has 0 aliphatic heterocycles. The Bertz CT molecular complexity index is 2710. The lowest BCUT2D eigenvalue weighted by Crippen LogP contribution is -1.98. The minimum Gasteiger partial charge on any atom is -0.309 e. The summed E-state index contributed by atoms with van der Waals surface area (Å²) in [4.78, 5) is 0. The number of nitrogens with zero attached hydrogens (tertiary/aromatic N) is 3. The minimum absolute atomic E-state index is 1.14. The van der Waals surface area contributed by atoms with Crippen molar-refractivity contribution in [3.8, 4) is 28.3 Å². The maximum absolute atomic E-state index is 2.45. The third kappa shape index (κ3) is 3.81. The van der Waals surface area contributed by atoms with Gasteiger partial charge < -0.3 is 13.7 Å². The van der Waals surface area contributed by atoms with E-state index in [1.165, 1.54) is 65.8 Å². The summed E-state index contributed by atoms with van der Waals surface area (Å²) in [5.74, 6) is 0. The predicted octanol–water partition coefficient (Wildman–Crippen LogP) is 11.5. The zero-order valence-corrected chi connectivity index (χ0v) is 25.6. The van der Waals surface area contributed by atoms with Crippen LogP contribution in [0.15, 0.2) is 176 Å². The Hall–Kier alpha value is -6.32. The van der Waals surface area contributed by atoms with E-state index in [-0.39, 0.29) is 0 Å². The Morgan fingerprint density at radius 2 is 0.723 bits per heavy atom. The van der Waals surface area contributed by atoms with Gasteiger partial charge >= 0.3 is 0 Å². The van der Waals surface area contributed by atoms with E-state index in [9.17, 15) is 0 Å². The fraction of sp³-hybridized carbons (Fsp3) is 0. The molecule has 10 rings (SSSR count). The molecule has 0 bridgehead atoms. The van der Waals surface area contributed by atoms with Gasteiger partial charge in [-0.1, -0.05) is 109 Å². The van der Waals surface area contributed by atoms with E-state index in [0.29, 0.717) is 0 Å². The fourth-order valence-corrected chi connectivity index (χ4v) is 7.64. The Labute approximate surface area is 271 Å². The summed E-state index contributed by atoms with van der Waals surface area (Å²) in [6.45, 7) is 0. The Morgan fingerprint density at radius 3 is 1.34 bits per heavy atom. The Kier molecular flexibility index (Phi) is 5.57. The summed E-state index contributed by atoms with van der Waals surface area (Å²) < 4.78 is 7.23. The molecule has 0 atom stereocenters. The summed E-state index contributed by atoms with van der Waals surface area (Å²) in [7, 11) is 0. The third-order valence-corrected chi connectivity index (χ3v) is 9.65. The van der Waals surface area contributed by atoms with Crippen LogP contribution in [0.5, 0.6) is 0 Å². The number of rotatable bonds is 4. The highest BCUT2D eigenvalue weighted by atomic mass is 15.0. The maximum atomic E-state index is 2.45. The molecule has 0 amide bonds. The maximum Gasteiger partial charge on any atom is 0.0635 e. The van der Waals surface area contributed by atoms with Crippen LogP contribution in [0.3, 0.4) is 0 Å². The highest BCUT2D eigenvalue weighted by Crippen LogP contribution is 2.41. The molecule has 0 N–H and O–H groups in total. The van der Waals surface area contributed by atoms with E-state index in [1.54, 1.807) is 0 Å². The molecular weight excluding hydrogens is 571 g/mol. The highest BCUT2D eigenvalue weighted by Gasteiger charge is 2.20. The largest absolute Gasteiger partial charge is 0.309 e. The van der Waals surface area contributed by atoms with Gasteiger partial charge in [0.2, 0.25) is 0 Å². The van der Waals surface area contributed by atoms with Crippen molar-refractivity contribution in [2.75, 3.05) is 0 Å². The van der Waals surface area contributed by atoms with Gasteiger partial charge in [-0.15, -0.1) is 0 Å². The predicted molar refractivity (Wildman–Crippen MR) is 197 cm³/mol. The number of benzene rings is 7. The molecule has 7 aromatic carbocycles. The summed E-state index contributed by atoms with van der Waals surface area (Å²) in [5.41, 5.74) is 11.9. The van der Waals surface area contributed by atoms with Crippen LogP contribution in [-0.2, 0) is 0 Å². The van der Waals surface area contributed by atoms with Crippen LogP contribution in [0.25, 0.3) is 82.8 Å². The SMILES string of the molecule is c1ccc(-c2cc3c(ccc4c5ccccc5n(-c5ccc(-n6c7ccccc7c7ccccc76)cc5)c43)n2-c2ccccc2)cc1. The molecule has 3 nitrogen and oxygen atoms in total. The van der Waals surface area contributed by atoms with Crippen LogP contribution >= 0.6 is 0 Å². The van der Waals surface area contributed by atoms with Crippen LogP contribution < -0.4 is 0 Å². The molecule has 47 heavy (non-hydrogen) atoms. The third-order valence-electron chi connectivity index (χ3n) is 9.65. The average Bonchev–Trinajstić information content (AvgIpc) is 3.81. The molecule has 0 aliphatic rings. The van der Waals surface area contributed by atoms with Gasteiger partial charge in [-0.25, -0.2) is 0 Å². The van der Waals surface area contributed by atoms with Crippen molar-refractivity contribution >= 4 is 54.5 Å². The van der Waals surface area contributed by atoms with E-state index < -0.39 is 0 Å². The molecule has 0 unspecified atom stereocenters. The molecule has 0 radical (unpaired) electrons. The zero-order chi connectivity index (χ0) is 30.9. The molecule has 220 valence electrons. The Balaban J connectivity index is 1.25. The van der Waals surface area contributed by atoms with Gasteiger partial charge in [-0.3, -0.25) is 0 Å². The summed E-state index contributed by atoms with van der Waals surface area (Å²) >= 11 is 0. The van der Waals surface area contributed by atoms with Gasteiger partial charge in [0.25, 0.3) is 0 Å². The van der Waals surface area contributed by atoms with Gasteiger partial charge in [0.05, 0.1) is 33.3 Å². The van der Waals surface area contributed by atoms with Crippen LogP contribution in [0.1, 0.15) is 0 Å². The molecule has 0 saturated heterocycles. The van der Waals surface area contributed by atoms with Crippen molar-refractivity contribution in [3.05, 3.63) is 176 Å². The van der Waals surface area contributed by atoms with Gasteiger partial charge in [-0.05, 0) is 72.3 Å². The molecule has 0 fully saturated rings. The first kappa shape index (κ1) is 26.0. The first-order valence-electron chi connectivity index (χ1n) is 16.1. The van der Waals surface area contributed by atoms with E-state index in [0.717, 1.165) is 17.1 Å². The van der Waals surface area contributed by atoms with Crippen molar-refractivity contribution in [2.24, 2.45) is 0 Å². The minimum atomic E-state index is 1.14. The van der Waals surface area contributed by atoms with Crippen molar-refractivity contribution in [1.29, 1.82) is 0 Å². The number of hydrogen-bond donors (Lipinski definition) is 0. The summed E-state index contributed by atoms with van der Waals surface area (Å²) in [5, 5.41) is 6.28. The standard InChI is InChI=1S/C44H29N3/c1-3-13-30(14-4-1)43-29-38-42(46(43)31-15-5-2-6-16-31)28-27-37-36-19-9-12-22-41(36)47(44(37)38)33-25-23-32(24-26-33)45-39-20-10-7-17-34(39)35-18-8-11-21-40(35)45/h1-29H. The first-order chi connectivity index (χ1) is 23.3. The lowest BCUT2D eigenvalue weighted by molar-refractivity contribution is 1.13. The zero-order valence-electron chi connectivity index (χ0n) is 25.6. The number of hydrogen-bond acceptors (Lipinski definition) is 0. The monoisotopic (exact) mass is 599 g/mol. The average molecular weight is 600 g/mol. The van der Waals surface area contributed by atoms with Gasteiger partial charge in [0.1, 0.15) is 0 Å². The molecule has 0 saturated carbocycles. The first-order valence-corrected chi connectivity index (χ1v) is 16.1. The van der Waals surface area contributed by atoms with Crippen molar-refractivity contribution in [2.45, 2.75) is 0 Å². The second-order valence-electron chi connectivity index (χ2n) is 12.2. The quantitative estimate of drug-likeness (QED) is 0.191. The van der Waals surface area contributed by atoms with Crippen molar-refractivity contribution in [3.63, 3.8) is 0 Å². The van der Waals surface area contributed by atoms with Crippen LogP contribution in [-0.4, -0.2) is 13.7 Å². The molecule has 10 aromatic rings. The molecular formula is C44H29N3. The van der Waals surface area contributed by atoms with Crippen molar-refractivity contribution < 1.29 is 0 Å². The van der Waals surface area contributed by atoms with E-state index in [1.807, 2.05) is 0 Å². The number of aromatic nitrogens is 3. The normalized spacial score (nSPS) is 11.8. The van der Waals surface area contributed by atoms with E-state index >= 15 is 0 Å². The second-order valence-corrected chi connectivity index (χ2v) is 12.2. The summed E-state index contributed by atoms with van der Waals surface area (Å²) in [6, 6.07) is 63.6. The van der Waals surface area contributed by atoms with Crippen molar-refractivity contribution in [1.82, 2.24) is 13.7 Å². The second kappa shape index (κ2) is 10.1. The molecule has 3 heterocycles. The lowest BCUT2D eigenvalue weighted by Gasteiger charge is -2.13. The number of para-hydroxylation sites is 4. The molecule has 0 spiro atoms. The van der Waals surface area contributed by atoms with Gasteiger partial charge in [-0.2, -0.15) is 0 Å². The van der Waals surface area contributed by atoms with Gasteiger partial charge in [0, 0.05) is 44.0 Å².